The van der Waals surface area contributed by atoms with Gasteiger partial charge in [-0.05, 0) is 6.42 Å². The van der Waals surface area contributed by atoms with Crippen molar-refractivity contribution in [1.82, 2.24) is 4.90 Å². The van der Waals surface area contributed by atoms with Crippen molar-refractivity contribution in [2.45, 2.75) is 19.4 Å². The molecule has 0 aromatic heterocycles. The molecule has 1 aliphatic rings. The van der Waals surface area contributed by atoms with E-state index >= 15 is 0 Å². The minimum atomic E-state index is -0.276. The van der Waals surface area contributed by atoms with E-state index < -0.39 is 0 Å². The van der Waals surface area contributed by atoms with Gasteiger partial charge in [0.25, 0.3) is 0 Å². The van der Waals surface area contributed by atoms with Crippen LogP contribution in [0.3, 0.4) is 0 Å². The normalized spacial score (nSPS) is 24.7. The predicted octanol–water partition coefficient (Wildman–Crippen LogP) is 1.36. The van der Waals surface area contributed by atoms with Crippen LogP contribution in [0.2, 0.25) is 0 Å². The summed E-state index contributed by atoms with van der Waals surface area (Å²) in [5, 5.41) is 0. The fourth-order valence-electron chi connectivity index (χ4n) is 1.01. The number of rotatable bonds is 2. The van der Waals surface area contributed by atoms with Crippen LogP contribution >= 0.6 is 0 Å². The highest BCUT2D eigenvalue weighted by atomic mass is 16.6. The molecule has 3 heteroatoms. The zero-order valence-corrected chi connectivity index (χ0v) is 6.04. The molecular weight excluding hydrogens is 130 g/mol. The molecule has 1 heterocycles. The van der Waals surface area contributed by atoms with Gasteiger partial charge in [0.15, 0.2) is 0 Å². The van der Waals surface area contributed by atoms with Crippen LogP contribution in [0.25, 0.3) is 0 Å². The van der Waals surface area contributed by atoms with E-state index in [2.05, 4.69) is 6.58 Å². The molecular formula is C7H11NO2. The van der Waals surface area contributed by atoms with E-state index in [1.807, 2.05) is 6.92 Å². The summed E-state index contributed by atoms with van der Waals surface area (Å²) >= 11 is 0. The van der Waals surface area contributed by atoms with E-state index in [1.54, 1.807) is 0 Å². The van der Waals surface area contributed by atoms with E-state index in [9.17, 15) is 4.79 Å². The maximum Gasteiger partial charge on any atom is 0.414 e. The van der Waals surface area contributed by atoms with Crippen LogP contribution in [-0.2, 0) is 4.74 Å². The minimum absolute atomic E-state index is 0.199. The van der Waals surface area contributed by atoms with Crippen LogP contribution in [0, 0.1) is 0 Å². The summed E-state index contributed by atoms with van der Waals surface area (Å²) in [6.45, 7) is 6.03. The Labute approximate surface area is 60.3 Å². The van der Waals surface area contributed by atoms with Gasteiger partial charge in [-0.15, -0.1) is 0 Å². The van der Waals surface area contributed by atoms with Crippen molar-refractivity contribution in [3.8, 4) is 0 Å². The van der Waals surface area contributed by atoms with Crippen molar-refractivity contribution in [1.29, 1.82) is 0 Å². The van der Waals surface area contributed by atoms with E-state index in [0.29, 0.717) is 6.61 Å². The number of hydrogen-bond donors (Lipinski definition) is 0. The molecule has 1 rings (SSSR count). The molecule has 1 unspecified atom stereocenters. The first-order chi connectivity index (χ1) is 4.79. The Morgan fingerprint density at radius 1 is 2.00 bits per heavy atom. The molecule has 3 nitrogen and oxygen atoms in total. The minimum Gasteiger partial charge on any atom is -0.447 e. The summed E-state index contributed by atoms with van der Waals surface area (Å²) in [7, 11) is 0. The van der Waals surface area contributed by atoms with Crippen LogP contribution in [0.4, 0.5) is 4.79 Å². The Morgan fingerprint density at radius 2 is 2.70 bits per heavy atom. The molecule has 56 valence electrons. The molecule has 1 atom stereocenters. The largest absolute Gasteiger partial charge is 0.447 e. The van der Waals surface area contributed by atoms with Crippen molar-refractivity contribution in [3.05, 3.63) is 12.8 Å². The summed E-state index contributed by atoms with van der Waals surface area (Å²) in [5.74, 6) is 0. The number of cyclic esters (lactones) is 1. The van der Waals surface area contributed by atoms with Crippen molar-refractivity contribution < 1.29 is 9.53 Å². The van der Waals surface area contributed by atoms with Gasteiger partial charge in [0, 0.05) is 6.20 Å². The van der Waals surface area contributed by atoms with Gasteiger partial charge >= 0.3 is 6.09 Å². The molecule has 1 fully saturated rings. The third kappa shape index (κ3) is 0.988. The zero-order chi connectivity index (χ0) is 7.56. The standard InChI is InChI=1S/C7H11NO2/c1-3-6-5-10-7(9)8(6)4-2/h4,6H,2-3,5H2,1H3. The van der Waals surface area contributed by atoms with E-state index in [1.165, 1.54) is 11.1 Å². The van der Waals surface area contributed by atoms with Gasteiger partial charge in [0.2, 0.25) is 0 Å². The Hall–Kier alpha value is -0.990. The van der Waals surface area contributed by atoms with Crippen LogP contribution in [-0.4, -0.2) is 23.6 Å². The lowest BCUT2D eigenvalue weighted by molar-refractivity contribution is 0.166. The highest BCUT2D eigenvalue weighted by Gasteiger charge is 2.28. The Kier molecular flexibility index (Phi) is 1.94. The van der Waals surface area contributed by atoms with E-state index in [4.69, 9.17) is 4.74 Å². The highest BCUT2D eigenvalue weighted by Crippen LogP contribution is 2.14. The zero-order valence-electron chi connectivity index (χ0n) is 6.04. The lowest BCUT2D eigenvalue weighted by atomic mass is 10.2. The van der Waals surface area contributed by atoms with Gasteiger partial charge in [0.1, 0.15) is 6.61 Å². The number of hydrogen-bond acceptors (Lipinski definition) is 2. The number of ether oxygens (including phenoxy) is 1. The molecule has 0 bridgehead atoms. The molecule has 0 saturated carbocycles. The molecule has 0 aromatic rings. The smallest absolute Gasteiger partial charge is 0.414 e. The van der Waals surface area contributed by atoms with Crippen molar-refractivity contribution in [3.63, 3.8) is 0 Å². The van der Waals surface area contributed by atoms with Gasteiger partial charge in [-0.1, -0.05) is 13.5 Å². The van der Waals surface area contributed by atoms with Crippen LogP contribution in [0.5, 0.6) is 0 Å². The molecule has 0 aromatic carbocycles. The number of amides is 1. The summed E-state index contributed by atoms with van der Waals surface area (Å²) in [5.41, 5.74) is 0. The second-order valence-electron chi connectivity index (χ2n) is 2.23. The lowest BCUT2D eigenvalue weighted by Gasteiger charge is -2.13. The summed E-state index contributed by atoms with van der Waals surface area (Å²) < 4.78 is 4.78. The molecule has 1 aliphatic heterocycles. The summed E-state index contributed by atoms with van der Waals surface area (Å²) in [6, 6.07) is 0.199. The van der Waals surface area contributed by atoms with Gasteiger partial charge in [-0.25, -0.2) is 4.79 Å². The average Bonchev–Trinajstić information content (AvgIpc) is 2.30. The topological polar surface area (TPSA) is 29.5 Å². The van der Waals surface area contributed by atoms with Crippen LogP contribution in [0.15, 0.2) is 12.8 Å². The first-order valence-corrected chi connectivity index (χ1v) is 3.37. The van der Waals surface area contributed by atoms with Crippen LogP contribution in [0.1, 0.15) is 13.3 Å². The fraction of sp³-hybridized carbons (Fsp3) is 0.571. The molecule has 0 radical (unpaired) electrons. The molecule has 0 aliphatic carbocycles. The quantitative estimate of drug-likeness (QED) is 0.581. The monoisotopic (exact) mass is 141 g/mol. The highest BCUT2D eigenvalue weighted by molar-refractivity contribution is 5.71. The predicted molar refractivity (Wildman–Crippen MR) is 37.5 cm³/mol. The van der Waals surface area contributed by atoms with Gasteiger partial charge in [-0.2, -0.15) is 0 Å². The first-order valence-electron chi connectivity index (χ1n) is 3.37. The summed E-state index contributed by atoms with van der Waals surface area (Å²) in [4.78, 5) is 12.3. The Bertz CT molecular complexity index is 156. The number of carbonyl (C=O) groups excluding carboxylic acids is 1. The van der Waals surface area contributed by atoms with Crippen molar-refractivity contribution in [2.24, 2.45) is 0 Å². The van der Waals surface area contributed by atoms with E-state index in [-0.39, 0.29) is 12.1 Å². The second kappa shape index (κ2) is 2.73. The van der Waals surface area contributed by atoms with Gasteiger partial charge < -0.3 is 4.74 Å². The van der Waals surface area contributed by atoms with E-state index in [0.717, 1.165) is 6.42 Å². The number of nitrogens with zero attached hydrogens (tertiary/aromatic N) is 1. The van der Waals surface area contributed by atoms with Gasteiger partial charge in [0.05, 0.1) is 6.04 Å². The molecule has 0 N–H and O–H groups in total. The average molecular weight is 141 g/mol. The second-order valence-corrected chi connectivity index (χ2v) is 2.23. The lowest BCUT2D eigenvalue weighted by Crippen LogP contribution is -2.26. The fourth-order valence-corrected chi connectivity index (χ4v) is 1.01. The maximum atomic E-state index is 10.8. The van der Waals surface area contributed by atoms with Crippen molar-refractivity contribution >= 4 is 6.09 Å². The molecule has 0 spiro atoms. The van der Waals surface area contributed by atoms with Crippen molar-refractivity contribution in [2.75, 3.05) is 6.61 Å². The molecule has 1 saturated heterocycles. The molecule has 10 heavy (non-hydrogen) atoms. The third-order valence-electron chi connectivity index (χ3n) is 1.67. The van der Waals surface area contributed by atoms with Crippen LogP contribution < -0.4 is 0 Å². The third-order valence-corrected chi connectivity index (χ3v) is 1.67. The molecule has 1 amide bonds. The summed E-state index contributed by atoms with van der Waals surface area (Å²) in [6.07, 6.45) is 2.16. The SMILES string of the molecule is C=CN1C(=O)OCC1CC. The van der Waals surface area contributed by atoms with Gasteiger partial charge in [-0.3, -0.25) is 4.90 Å². The number of carbonyl (C=O) groups is 1. The first kappa shape index (κ1) is 7.12. The Balaban J connectivity index is 2.62. The maximum absolute atomic E-state index is 10.8. The Morgan fingerprint density at radius 3 is 3.10 bits per heavy atom.